The molecule has 1 amide bonds. The highest BCUT2D eigenvalue weighted by Gasteiger charge is 2.23. The molecule has 0 saturated carbocycles. The van der Waals surface area contributed by atoms with E-state index in [1.165, 1.54) is 5.56 Å². The molecule has 5 aromatic rings. The van der Waals surface area contributed by atoms with Crippen LogP contribution < -0.4 is 5.32 Å². The van der Waals surface area contributed by atoms with E-state index in [0.717, 1.165) is 28.0 Å². The summed E-state index contributed by atoms with van der Waals surface area (Å²) in [4.78, 5) is 22.2. The number of nitrogens with zero attached hydrogens (tertiary/aromatic N) is 3. The summed E-state index contributed by atoms with van der Waals surface area (Å²) in [6.07, 6.45) is 2.40. The van der Waals surface area contributed by atoms with Crippen molar-refractivity contribution < 1.29 is 9.21 Å². The van der Waals surface area contributed by atoms with Crippen LogP contribution in [0.1, 0.15) is 35.3 Å². The molecular formula is C28H26N4O2. The molecule has 0 spiro atoms. The highest BCUT2D eigenvalue weighted by molar-refractivity contribution is 5.78. The summed E-state index contributed by atoms with van der Waals surface area (Å²) >= 11 is 0. The van der Waals surface area contributed by atoms with Crippen molar-refractivity contribution in [2.24, 2.45) is 7.05 Å². The third kappa shape index (κ3) is 4.48. The molecule has 1 atom stereocenters. The summed E-state index contributed by atoms with van der Waals surface area (Å²) in [6.45, 7) is 2.05. The molecule has 0 radical (unpaired) electrons. The first-order chi connectivity index (χ1) is 16.6. The average molecular weight is 451 g/mol. The van der Waals surface area contributed by atoms with Crippen LogP contribution in [0.15, 0.2) is 89.5 Å². The molecule has 6 heteroatoms. The molecule has 0 saturated heterocycles. The molecular weight excluding hydrogens is 424 g/mol. The molecule has 1 unspecified atom stereocenters. The second-order valence-electron chi connectivity index (χ2n) is 8.41. The molecule has 170 valence electrons. The average Bonchev–Trinajstić information content (AvgIpc) is 3.47. The largest absolute Gasteiger partial charge is 0.441 e. The molecule has 34 heavy (non-hydrogen) atoms. The van der Waals surface area contributed by atoms with Gasteiger partial charge in [-0.3, -0.25) is 4.79 Å². The predicted octanol–water partition coefficient (Wildman–Crippen LogP) is 5.38. The standard InChI is InChI=1S/C28H26N4O2/c1-19-12-14-20(15-13-19)24-18-29-26(34-24)17-16-25(33)31-27(21-8-4-3-5-9-21)28-30-22-10-6-7-11-23(22)32(28)2/h3-15,18,27H,16-17H2,1-2H3,(H,31,33). The van der Waals surface area contributed by atoms with Gasteiger partial charge in [0.25, 0.3) is 0 Å². The zero-order valence-electron chi connectivity index (χ0n) is 19.2. The second kappa shape index (κ2) is 9.35. The fourth-order valence-corrected chi connectivity index (χ4v) is 4.10. The third-order valence-electron chi connectivity index (χ3n) is 5.97. The molecule has 1 N–H and O–H groups in total. The second-order valence-corrected chi connectivity index (χ2v) is 8.41. The Labute approximate surface area is 198 Å². The lowest BCUT2D eigenvalue weighted by atomic mass is 10.1. The van der Waals surface area contributed by atoms with Gasteiger partial charge in [0.2, 0.25) is 5.91 Å². The summed E-state index contributed by atoms with van der Waals surface area (Å²) in [5.74, 6) is 1.96. The highest BCUT2D eigenvalue weighted by Crippen LogP contribution is 2.25. The number of nitrogens with one attached hydrogen (secondary N) is 1. The number of hydrogen-bond donors (Lipinski definition) is 1. The molecule has 0 aliphatic heterocycles. The lowest BCUT2D eigenvalue weighted by Gasteiger charge is -2.19. The number of imidazole rings is 1. The maximum absolute atomic E-state index is 13.0. The van der Waals surface area contributed by atoms with Crippen molar-refractivity contribution in [1.82, 2.24) is 19.9 Å². The van der Waals surface area contributed by atoms with E-state index in [2.05, 4.69) is 10.3 Å². The van der Waals surface area contributed by atoms with Crippen LogP contribution in [0.3, 0.4) is 0 Å². The van der Waals surface area contributed by atoms with Gasteiger partial charge in [0.15, 0.2) is 11.7 Å². The Bertz CT molecular complexity index is 1420. The van der Waals surface area contributed by atoms with Crippen LogP contribution in [0.25, 0.3) is 22.4 Å². The summed E-state index contributed by atoms with van der Waals surface area (Å²) in [5, 5.41) is 3.17. The first kappa shape index (κ1) is 21.6. The van der Waals surface area contributed by atoms with Crippen LogP contribution >= 0.6 is 0 Å². The Morgan fingerprint density at radius 2 is 1.74 bits per heavy atom. The van der Waals surface area contributed by atoms with Crippen LogP contribution in [0.5, 0.6) is 0 Å². The number of aromatic nitrogens is 3. The van der Waals surface area contributed by atoms with Gasteiger partial charge in [-0.2, -0.15) is 0 Å². The maximum Gasteiger partial charge on any atom is 0.221 e. The molecule has 3 aromatic carbocycles. The predicted molar refractivity (Wildman–Crippen MR) is 132 cm³/mol. The molecule has 0 aliphatic rings. The summed E-state index contributed by atoms with van der Waals surface area (Å²) in [5.41, 5.74) is 5.07. The van der Waals surface area contributed by atoms with Crippen molar-refractivity contribution in [3.63, 3.8) is 0 Å². The zero-order valence-corrected chi connectivity index (χ0v) is 19.2. The van der Waals surface area contributed by atoms with Crippen molar-refractivity contribution >= 4 is 16.9 Å². The van der Waals surface area contributed by atoms with Gasteiger partial charge in [-0.1, -0.05) is 72.3 Å². The maximum atomic E-state index is 13.0. The third-order valence-corrected chi connectivity index (χ3v) is 5.97. The van der Waals surface area contributed by atoms with Crippen LogP contribution in [-0.4, -0.2) is 20.4 Å². The van der Waals surface area contributed by atoms with E-state index in [1.807, 2.05) is 97.4 Å². The molecule has 2 aromatic heterocycles. The Balaban J connectivity index is 1.32. The van der Waals surface area contributed by atoms with Gasteiger partial charge >= 0.3 is 0 Å². The number of oxazole rings is 1. The van der Waals surface area contributed by atoms with Gasteiger partial charge in [-0.15, -0.1) is 0 Å². The fourth-order valence-electron chi connectivity index (χ4n) is 4.10. The van der Waals surface area contributed by atoms with Crippen LogP contribution in [-0.2, 0) is 18.3 Å². The molecule has 2 heterocycles. The molecule has 5 rings (SSSR count). The molecule has 0 fully saturated rings. The van der Waals surface area contributed by atoms with Crippen LogP contribution in [0.4, 0.5) is 0 Å². The number of para-hydroxylation sites is 2. The van der Waals surface area contributed by atoms with Gasteiger partial charge in [-0.05, 0) is 24.6 Å². The van der Waals surface area contributed by atoms with Gasteiger partial charge in [0.05, 0.1) is 17.2 Å². The number of benzene rings is 3. The normalized spacial score (nSPS) is 12.1. The number of amides is 1. The van der Waals surface area contributed by atoms with Gasteiger partial charge in [0, 0.05) is 25.5 Å². The number of fused-ring (bicyclic) bond motifs is 1. The molecule has 0 aliphatic carbocycles. The Morgan fingerprint density at radius 3 is 2.50 bits per heavy atom. The Morgan fingerprint density at radius 1 is 1.00 bits per heavy atom. The van der Waals surface area contributed by atoms with E-state index in [-0.39, 0.29) is 18.4 Å². The Hall–Kier alpha value is -4.19. The minimum Gasteiger partial charge on any atom is -0.441 e. The molecule has 0 bridgehead atoms. The van der Waals surface area contributed by atoms with Crippen molar-refractivity contribution in [3.05, 3.63) is 108 Å². The monoisotopic (exact) mass is 450 g/mol. The number of hydrogen-bond acceptors (Lipinski definition) is 4. The van der Waals surface area contributed by atoms with Crippen LogP contribution in [0.2, 0.25) is 0 Å². The number of carbonyl (C=O) groups is 1. The van der Waals surface area contributed by atoms with Crippen molar-refractivity contribution in [1.29, 1.82) is 0 Å². The Kier molecular flexibility index (Phi) is 5.95. The summed E-state index contributed by atoms with van der Waals surface area (Å²) in [6, 6.07) is 25.6. The van der Waals surface area contributed by atoms with E-state index in [9.17, 15) is 4.79 Å². The molecule has 6 nitrogen and oxygen atoms in total. The number of rotatable bonds is 7. The summed E-state index contributed by atoms with van der Waals surface area (Å²) < 4.78 is 7.92. The first-order valence-corrected chi connectivity index (χ1v) is 11.4. The van der Waals surface area contributed by atoms with E-state index < -0.39 is 0 Å². The number of carbonyl (C=O) groups excluding carboxylic acids is 1. The van der Waals surface area contributed by atoms with Crippen molar-refractivity contribution in [3.8, 4) is 11.3 Å². The SMILES string of the molecule is Cc1ccc(-c2cnc(CCC(=O)NC(c3ccccc3)c3nc4ccccc4n3C)o2)cc1. The fraction of sp³-hybridized carbons (Fsp3) is 0.179. The number of aryl methyl sites for hydroxylation is 3. The van der Waals surface area contributed by atoms with E-state index in [4.69, 9.17) is 9.40 Å². The minimum absolute atomic E-state index is 0.0870. The smallest absolute Gasteiger partial charge is 0.221 e. The lowest BCUT2D eigenvalue weighted by Crippen LogP contribution is -2.31. The first-order valence-electron chi connectivity index (χ1n) is 11.4. The minimum atomic E-state index is -0.362. The van der Waals surface area contributed by atoms with E-state index in [0.29, 0.717) is 18.1 Å². The highest BCUT2D eigenvalue weighted by atomic mass is 16.4. The van der Waals surface area contributed by atoms with Gasteiger partial charge in [0.1, 0.15) is 11.9 Å². The van der Waals surface area contributed by atoms with Gasteiger partial charge < -0.3 is 14.3 Å². The zero-order chi connectivity index (χ0) is 23.5. The van der Waals surface area contributed by atoms with Crippen molar-refractivity contribution in [2.45, 2.75) is 25.8 Å². The van der Waals surface area contributed by atoms with Gasteiger partial charge in [-0.25, -0.2) is 9.97 Å². The summed E-state index contributed by atoms with van der Waals surface area (Å²) in [7, 11) is 1.98. The van der Waals surface area contributed by atoms with E-state index >= 15 is 0 Å². The quantitative estimate of drug-likeness (QED) is 0.362. The van der Waals surface area contributed by atoms with Crippen molar-refractivity contribution in [2.75, 3.05) is 0 Å². The van der Waals surface area contributed by atoms with E-state index in [1.54, 1.807) is 6.20 Å². The lowest BCUT2D eigenvalue weighted by molar-refractivity contribution is -0.121. The topological polar surface area (TPSA) is 73.0 Å². The van der Waals surface area contributed by atoms with Crippen LogP contribution in [0, 0.1) is 6.92 Å².